The van der Waals surface area contributed by atoms with Crippen LogP contribution in [0.25, 0.3) is 0 Å². The number of benzene rings is 1. The minimum atomic E-state index is -0.376. The zero-order valence-corrected chi connectivity index (χ0v) is 14.6. The van der Waals surface area contributed by atoms with Gasteiger partial charge in [0.15, 0.2) is 5.96 Å². The fourth-order valence-corrected chi connectivity index (χ4v) is 2.61. The van der Waals surface area contributed by atoms with Gasteiger partial charge in [0, 0.05) is 45.0 Å². The summed E-state index contributed by atoms with van der Waals surface area (Å²) in [7, 11) is 1.67. The molecule has 0 aromatic heterocycles. The normalized spacial score (nSPS) is 17.5. The first-order valence-corrected chi connectivity index (χ1v) is 8.57. The molecular formula is C17H26N4O4. The number of nitro groups is 1. The molecular weight excluding hydrogens is 324 g/mol. The maximum absolute atomic E-state index is 11.0. The molecule has 0 saturated carbocycles. The quantitative estimate of drug-likeness (QED) is 0.232. The molecule has 25 heavy (non-hydrogen) atoms. The average molecular weight is 350 g/mol. The maximum Gasteiger partial charge on any atom is 0.274 e. The van der Waals surface area contributed by atoms with Crippen molar-refractivity contribution in [3.05, 3.63) is 39.9 Å². The number of aliphatic imine (C=N–C) groups is 1. The molecule has 1 fully saturated rings. The molecule has 138 valence electrons. The van der Waals surface area contributed by atoms with Crippen LogP contribution in [0.3, 0.4) is 0 Å². The standard InChI is InChI=1S/C17H26N4O4/c1-18-17(19-9-5-10-24-13-15-7-4-11-25-15)20-12-14-6-2-3-8-16(14)21(22)23/h2-3,6,8,15H,4-5,7,9-13H2,1H3,(H2,18,19,20). The summed E-state index contributed by atoms with van der Waals surface area (Å²) in [5.74, 6) is 0.609. The molecule has 2 N–H and O–H groups in total. The van der Waals surface area contributed by atoms with Gasteiger partial charge in [-0.3, -0.25) is 15.1 Å². The largest absolute Gasteiger partial charge is 0.379 e. The predicted octanol–water partition coefficient (Wildman–Crippen LogP) is 1.85. The van der Waals surface area contributed by atoms with E-state index >= 15 is 0 Å². The van der Waals surface area contributed by atoms with E-state index in [2.05, 4.69) is 15.6 Å². The van der Waals surface area contributed by atoms with Gasteiger partial charge < -0.3 is 20.1 Å². The van der Waals surface area contributed by atoms with Crippen LogP contribution >= 0.6 is 0 Å². The zero-order valence-electron chi connectivity index (χ0n) is 14.6. The Bertz CT molecular complexity index is 574. The van der Waals surface area contributed by atoms with Crippen LogP contribution in [0.2, 0.25) is 0 Å². The summed E-state index contributed by atoms with van der Waals surface area (Å²) < 4.78 is 11.1. The number of nitrogens with one attached hydrogen (secondary N) is 2. The zero-order chi connectivity index (χ0) is 17.9. The molecule has 1 aromatic carbocycles. The van der Waals surface area contributed by atoms with Crippen molar-refractivity contribution in [2.24, 2.45) is 4.99 Å². The number of rotatable bonds is 9. The van der Waals surface area contributed by atoms with Gasteiger partial charge in [-0.1, -0.05) is 18.2 Å². The second kappa shape index (κ2) is 10.6. The molecule has 1 unspecified atom stereocenters. The minimum Gasteiger partial charge on any atom is -0.379 e. The van der Waals surface area contributed by atoms with Crippen LogP contribution in [0.15, 0.2) is 29.3 Å². The van der Waals surface area contributed by atoms with Gasteiger partial charge in [0.1, 0.15) is 0 Å². The van der Waals surface area contributed by atoms with Crippen LogP contribution in [0.5, 0.6) is 0 Å². The van der Waals surface area contributed by atoms with Crippen LogP contribution < -0.4 is 10.6 Å². The number of nitro benzene ring substituents is 1. The molecule has 0 aliphatic carbocycles. The summed E-state index contributed by atoms with van der Waals surface area (Å²) in [5, 5.41) is 17.3. The lowest BCUT2D eigenvalue weighted by Crippen LogP contribution is -2.37. The molecule has 0 radical (unpaired) electrons. The second-order valence-corrected chi connectivity index (χ2v) is 5.80. The van der Waals surface area contributed by atoms with Crippen LogP contribution in [0.1, 0.15) is 24.8 Å². The highest BCUT2D eigenvalue weighted by Gasteiger charge is 2.15. The highest BCUT2D eigenvalue weighted by atomic mass is 16.6. The number of hydrogen-bond acceptors (Lipinski definition) is 5. The molecule has 1 aromatic rings. The molecule has 0 spiro atoms. The maximum atomic E-state index is 11.0. The van der Waals surface area contributed by atoms with Gasteiger partial charge >= 0.3 is 0 Å². The van der Waals surface area contributed by atoms with Crippen molar-refractivity contribution in [3.63, 3.8) is 0 Å². The number of guanidine groups is 1. The summed E-state index contributed by atoms with van der Waals surface area (Å²) >= 11 is 0. The number of para-hydroxylation sites is 1. The minimum absolute atomic E-state index is 0.105. The summed E-state index contributed by atoms with van der Waals surface area (Å²) in [6.07, 6.45) is 3.31. The van der Waals surface area contributed by atoms with Crippen LogP contribution in [0.4, 0.5) is 5.69 Å². The van der Waals surface area contributed by atoms with Crippen molar-refractivity contribution >= 4 is 11.6 Å². The van der Waals surface area contributed by atoms with Crippen molar-refractivity contribution < 1.29 is 14.4 Å². The third-order valence-electron chi connectivity index (χ3n) is 3.94. The number of ether oxygens (including phenoxy) is 2. The summed E-state index contributed by atoms with van der Waals surface area (Å²) in [6.45, 7) is 3.21. The molecule has 0 bridgehead atoms. The van der Waals surface area contributed by atoms with Crippen molar-refractivity contribution in [3.8, 4) is 0 Å². The van der Waals surface area contributed by atoms with Gasteiger partial charge in [-0.15, -0.1) is 0 Å². The van der Waals surface area contributed by atoms with Gasteiger partial charge in [0.2, 0.25) is 0 Å². The fraction of sp³-hybridized carbons (Fsp3) is 0.588. The first-order chi connectivity index (χ1) is 12.2. The molecule has 1 heterocycles. The monoisotopic (exact) mass is 350 g/mol. The number of nitrogens with zero attached hydrogens (tertiary/aromatic N) is 2. The Morgan fingerprint density at radius 3 is 3.00 bits per heavy atom. The first-order valence-electron chi connectivity index (χ1n) is 8.57. The van der Waals surface area contributed by atoms with E-state index in [4.69, 9.17) is 9.47 Å². The molecule has 1 atom stereocenters. The summed E-state index contributed by atoms with van der Waals surface area (Å²) in [6, 6.07) is 6.67. The lowest BCUT2D eigenvalue weighted by molar-refractivity contribution is -0.385. The summed E-state index contributed by atoms with van der Waals surface area (Å²) in [4.78, 5) is 14.8. The smallest absolute Gasteiger partial charge is 0.274 e. The van der Waals surface area contributed by atoms with E-state index in [0.29, 0.717) is 37.8 Å². The van der Waals surface area contributed by atoms with E-state index < -0.39 is 0 Å². The van der Waals surface area contributed by atoms with E-state index in [0.717, 1.165) is 25.9 Å². The lowest BCUT2D eigenvalue weighted by atomic mass is 10.2. The highest BCUT2D eigenvalue weighted by molar-refractivity contribution is 5.79. The molecule has 0 amide bonds. The van der Waals surface area contributed by atoms with Crippen molar-refractivity contribution in [1.82, 2.24) is 10.6 Å². The van der Waals surface area contributed by atoms with Gasteiger partial charge in [0.25, 0.3) is 5.69 Å². The van der Waals surface area contributed by atoms with E-state index in [1.807, 2.05) is 0 Å². The Labute approximate surface area is 147 Å². The van der Waals surface area contributed by atoms with Crippen LogP contribution in [-0.4, -0.2) is 50.4 Å². The predicted molar refractivity (Wildman–Crippen MR) is 95.7 cm³/mol. The lowest BCUT2D eigenvalue weighted by Gasteiger charge is -2.13. The highest BCUT2D eigenvalue weighted by Crippen LogP contribution is 2.17. The van der Waals surface area contributed by atoms with E-state index in [-0.39, 0.29) is 16.7 Å². The summed E-state index contributed by atoms with van der Waals surface area (Å²) in [5.41, 5.74) is 0.725. The topological polar surface area (TPSA) is 98.0 Å². The molecule has 8 nitrogen and oxygen atoms in total. The van der Waals surface area contributed by atoms with Gasteiger partial charge in [0.05, 0.1) is 17.6 Å². The van der Waals surface area contributed by atoms with E-state index in [9.17, 15) is 10.1 Å². The molecule has 1 saturated heterocycles. The van der Waals surface area contributed by atoms with E-state index in [1.54, 1.807) is 25.2 Å². The van der Waals surface area contributed by atoms with Crippen LogP contribution in [0, 0.1) is 10.1 Å². The third kappa shape index (κ3) is 6.67. The van der Waals surface area contributed by atoms with Crippen LogP contribution in [-0.2, 0) is 16.0 Å². The Morgan fingerprint density at radius 1 is 1.44 bits per heavy atom. The van der Waals surface area contributed by atoms with Crippen molar-refractivity contribution in [2.45, 2.75) is 31.9 Å². The molecule has 8 heteroatoms. The molecule has 1 aliphatic rings. The Kier molecular flexibility index (Phi) is 8.14. The van der Waals surface area contributed by atoms with Crippen molar-refractivity contribution in [1.29, 1.82) is 0 Å². The fourth-order valence-electron chi connectivity index (χ4n) is 2.61. The van der Waals surface area contributed by atoms with Gasteiger partial charge in [-0.2, -0.15) is 0 Å². The first kappa shape index (κ1) is 19.1. The molecule has 2 rings (SSSR count). The third-order valence-corrected chi connectivity index (χ3v) is 3.94. The Balaban J connectivity index is 1.63. The van der Waals surface area contributed by atoms with Gasteiger partial charge in [-0.25, -0.2) is 0 Å². The Morgan fingerprint density at radius 2 is 2.28 bits per heavy atom. The second-order valence-electron chi connectivity index (χ2n) is 5.80. The number of hydrogen-bond donors (Lipinski definition) is 2. The Hall–Kier alpha value is -2.19. The van der Waals surface area contributed by atoms with E-state index in [1.165, 1.54) is 6.07 Å². The van der Waals surface area contributed by atoms with Crippen molar-refractivity contribution in [2.75, 3.05) is 33.4 Å². The van der Waals surface area contributed by atoms with Gasteiger partial charge in [-0.05, 0) is 19.3 Å². The molecule has 1 aliphatic heterocycles. The SMILES string of the molecule is CN=C(NCCCOCC1CCCO1)NCc1ccccc1[N+](=O)[O-]. The average Bonchev–Trinajstić information content (AvgIpc) is 3.14.